The molecule has 7 heteroatoms. The fourth-order valence-electron chi connectivity index (χ4n) is 3.44. The molecular weight excluding hydrogens is 372 g/mol. The molecule has 3 aromatic rings. The number of aryl methyl sites for hydroxylation is 1. The molecule has 0 radical (unpaired) electrons. The molecule has 0 bridgehead atoms. The largest absolute Gasteiger partial charge is 0.337 e. The molecule has 2 amide bonds. The molecule has 28 heavy (non-hydrogen) atoms. The summed E-state index contributed by atoms with van der Waals surface area (Å²) in [6.45, 7) is 4.29. The van der Waals surface area contributed by atoms with Crippen molar-refractivity contribution in [2.45, 2.75) is 13.3 Å². The summed E-state index contributed by atoms with van der Waals surface area (Å²) in [5.41, 5.74) is 3.04. The van der Waals surface area contributed by atoms with Crippen LogP contribution in [0, 0.1) is 6.92 Å². The first-order chi connectivity index (χ1) is 13.6. The maximum atomic E-state index is 12.9. The van der Waals surface area contributed by atoms with Gasteiger partial charge in [0.05, 0.1) is 10.6 Å². The third-order valence-electron chi connectivity index (χ3n) is 4.92. The number of hydrogen-bond donors (Lipinski definition) is 1. The first-order valence-electron chi connectivity index (χ1n) is 9.36. The quantitative estimate of drug-likeness (QED) is 0.740. The number of hydrogen-bond acceptors (Lipinski definition) is 4. The van der Waals surface area contributed by atoms with E-state index in [4.69, 9.17) is 0 Å². The van der Waals surface area contributed by atoms with Crippen molar-refractivity contribution in [3.8, 4) is 10.6 Å². The van der Waals surface area contributed by atoms with Crippen LogP contribution in [0.5, 0.6) is 0 Å². The topological polar surface area (TPSA) is 69.3 Å². The van der Waals surface area contributed by atoms with Gasteiger partial charge in [0.15, 0.2) is 5.69 Å². The molecule has 0 unspecified atom stereocenters. The molecular formula is C21H22N4O2S. The van der Waals surface area contributed by atoms with E-state index in [0.717, 1.165) is 22.6 Å². The van der Waals surface area contributed by atoms with Gasteiger partial charge in [0.1, 0.15) is 0 Å². The highest BCUT2D eigenvalue weighted by atomic mass is 32.1. The van der Waals surface area contributed by atoms with Gasteiger partial charge < -0.3 is 9.80 Å². The third kappa shape index (κ3) is 3.84. The fraction of sp³-hybridized carbons (Fsp3) is 0.286. The zero-order chi connectivity index (χ0) is 19.5. The minimum Gasteiger partial charge on any atom is -0.337 e. The average molecular weight is 395 g/mol. The number of rotatable bonds is 3. The predicted octanol–water partition coefficient (Wildman–Crippen LogP) is 3.43. The summed E-state index contributed by atoms with van der Waals surface area (Å²) < 4.78 is 0. The summed E-state index contributed by atoms with van der Waals surface area (Å²) >= 11 is 1.60. The van der Waals surface area contributed by atoms with Gasteiger partial charge in [-0.2, -0.15) is 5.10 Å². The van der Waals surface area contributed by atoms with Crippen LogP contribution >= 0.6 is 11.3 Å². The van der Waals surface area contributed by atoms with E-state index in [0.29, 0.717) is 37.4 Å². The normalized spacial score (nSPS) is 14.8. The van der Waals surface area contributed by atoms with Crippen LogP contribution < -0.4 is 0 Å². The number of aromatic amines is 1. The maximum Gasteiger partial charge on any atom is 0.274 e. The van der Waals surface area contributed by atoms with Crippen molar-refractivity contribution in [1.82, 2.24) is 20.0 Å². The van der Waals surface area contributed by atoms with Crippen LogP contribution in [-0.4, -0.2) is 58.0 Å². The second kappa shape index (κ2) is 7.98. The number of benzene rings is 1. The Hall–Kier alpha value is -2.93. The lowest BCUT2D eigenvalue weighted by atomic mass is 10.1. The molecule has 1 aliphatic rings. The van der Waals surface area contributed by atoms with Crippen LogP contribution in [0.1, 0.15) is 32.8 Å². The van der Waals surface area contributed by atoms with Gasteiger partial charge in [0, 0.05) is 31.7 Å². The van der Waals surface area contributed by atoms with E-state index in [1.165, 1.54) is 0 Å². The molecule has 1 N–H and O–H groups in total. The van der Waals surface area contributed by atoms with E-state index in [2.05, 4.69) is 10.2 Å². The fourth-order valence-corrected chi connectivity index (χ4v) is 4.13. The van der Waals surface area contributed by atoms with E-state index >= 15 is 0 Å². The van der Waals surface area contributed by atoms with Crippen molar-refractivity contribution in [1.29, 1.82) is 0 Å². The van der Waals surface area contributed by atoms with Gasteiger partial charge in [-0.1, -0.05) is 23.8 Å². The molecule has 0 spiro atoms. The molecule has 0 atom stereocenters. The summed E-state index contributed by atoms with van der Waals surface area (Å²) in [4.78, 5) is 30.3. The van der Waals surface area contributed by atoms with Crippen LogP contribution in [0.3, 0.4) is 0 Å². The lowest BCUT2D eigenvalue weighted by molar-refractivity contribution is 0.0715. The standard InChI is InChI=1S/C21H22N4O2S/c1-15-5-2-6-16(13-15)20(26)24-8-4-9-25(11-10-24)21(27)18-14-17(22-23-18)19-7-3-12-28-19/h2-3,5-7,12-14H,4,8-11H2,1H3,(H,22,23). The lowest BCUT2D eigenvalue weighted by Gasteiger charge is -2.22. The molecule has 0 saturated carbocycles. The van der Waals surface area contributed by atoms with Crippen LogP contribution in [0.4, 0.5) is 0 Å². The second-order valence-corrected chi connectivity index (χ2v) is 7.90. The number of amides is 2. The zero-order valence-electron chi connectivity index (χ0n) is 15.7. The van der Waals surface area contributed by atoms with Crippen molar-refractivity contribution < 1.29 is 9.59 Å². The molecule has 3 heterocycles. The summed E-state index contributed by atoms with van der Waals surface area (Å²) in [5, 5.41) is 9.14. The summed E-state index contributed by atoms with van der Waals surface area (Å²) in [7, 11) is 0. The highest BCUT2D eigenvalue weighted by Crippen LogP contribution is 2.23. The Morgan fingerprint density at radius 2 is 1.79 bits per heavy atom. The summed E-state index contributed by atoms with van der Waals surface area (Å²) in [6, 6.07) is 13.4. The van der Waals surface area contributed by atoms with Crippen LogP contribution in [-0.2, 0) is 0 Å². The maximum absolute atomic E-state index is 12.9. The van der Waals surface area contributed by atoms with Gasteiger partial charge in [-0.15, -0.1) is 11.3 Å². The molecule has 1 saturated heterocycles. The van der Waals surface area contributed by atoms with Crippen LogP contribution in [0.2, 0.25) is 0 Å². The monoisotopic (exact) mass is 394 g/mol. The van der Waals surface area contributed by atoms with Gasteiger partial charge in [-0.05, 0) is 43.0 Å². The van der Waals surface area contributed by atoms with E-state index in [-0.39, 0.29) is 11.8 Å². The number of aromatic nitrogens is 2. The molecule has 1 aliphatic heterocycles. The molecule has 6 nitrogen and oxygen atoms in total. The van der Waals surface area contributed by atoms with Crippen molar-refractivity contribution in [3.63, 3.8) is 0 Å². The van der Waals surface area contributed by atoms with E-state index < -0.39 is 0 Å². The van der Waals surface area contributed by atoms with Crippen LogP contribution in [0.15, 0.2) is 47.8 Å². The van der Waals surface area contributed by atoms with Gasteiger partial charge >= 0.3 is 0 Å². The van der Waals surface area contributed by atoms with Crippen molar-refractivity contribution in [2.24, 2.45) is 0 Å². The molecule has 4 rings (SSSR count). The first kappa shape index (κ1) is 18.4. The Balaban J connectivity index is 1.42. The van der Waals surface area contributed by atoms with Crippen molar-refractivity contribution >= 4 is 23.2 Å². The minimum atomic E-state index is -0.0936. The number of H-pyrrole nitrogens is 1. The first-order valence-corrected chi connectivity index (χ1v) is 10.2. The number of thiophene rings is 1. The lowest BCUT2D eigenvalue weighted by Crippen LogP contribution is -2.37. The molecule has 144 valence electrons. The molecule has 2 aromatic heterocycles. The summed E-state index contributed by atoms with van der Waals surface area (Å²) in [5.74, 6) is -0.0679. The highest BCUT2D eigenvalue weighted by molar-refractivity contribution is 7.13. The average Bonchev–Trinajstić information content (AvgIpc) is 3.34. The number of nitrogens with zero attached hydrogens (tertiary/aromatic N) is 3. The number of carbonyl (C=O) groups excluding carboxylic acids is 2. The predicted molar refractivity (Wildman–Crippen MR) is 110 cm³/mol. The van der Waals surface area contributed by atoms with Crippen LogP contribution in [0.25, 0.3) is 10.6 Å². The Bertz CT molecular complexity index is 980. The van der Waals surface area contributed by atoms with Gasteiger partial charge in [0.2, 0.25) is 0 Å². The Kier molecular flexibility index (Phi) is 5.25. The molecule has 0 aliphatic carbocycles. The summed E-state index contributed by atoms with van der Waals surface area (Å²) in [6.07, 6.45) is 0.755. The van der Waals surface area contributed by atoms with E-state index in [1.807, 2.05) is 53.6 Å². The number of carbonyl (C=O) groups is 2. The van der Waals surface area contributed by atoms with Gasteiger partial charge in [0.25, 0.3) is 11.8 Å². The van der Waals surface area contributed by atoms with Crippen molar-refractivity contribution in [3.05, 3.63) is 64.7 Å². The smallest absolute Gasteiger partial charge is 0.274 e. The third-order valence-corrected chi connectivity index (χ3v) is 5.82. The van der Waals surface area contributed by atoms with E-state index in [9.17, 15) is 9.59 Å². The van der Waals surface area contributed by atoms with Gasteiger partial charge in [-0.3, -0.25) is 14.7 Å². The zero-order valence-corrected chi connectivity index (χ0v) is 16.5. The van der Waals surface area contributed by atoms with Gasteiger partial charge in [-0.25, -0.2) is 0 Å². The Morgan fingerprint density at radius 3 is 2.50 bits per heavy atom. The second-order valence-electron chi connectivity index (χ2n) is 6.95. The minimum absolute atomic E-state index is 0.0257. The van der Waals surface area contributed by atoms with Crippen molar-refractivity contribution in [2.75, 3.05) is 26.2 Å². The molecule has 1 aromatic carbocycles. The Morgan fingerprint density at radius 1 is 1.00 bits per heavy atom. The molecule has 1 fully saturated rings. The number of nitrogens with one attached hydrogen (secondary N) is 1. The SMILES string of the molecule is Cc1cccc(C(=O)N2CCCN(C(=O)c3cc(-c4cccs4)[nH]n3)CC2)c1. The van der Waals surface area contributed by atoms with E-state index in [1.54, 1.807) is 22.3 Å². The highest BCUT2D eigenvalue weighted by Gasteiger charge is 2.25. The Labute approximate surface area is 167 Å².